The molecule has 0 spiro atoms. The molecular formula is C82H46O3. The molecule has 1 aromatic heterocycles. The van der Waals surface area contributed by atoms with Gasteiger partial charge in [0.25, 0.3) is 0 Å². The Kier molecular flexibility index (Phi) is 9.61. The molecule has 2 aliphatic heterocycles. The van der Waals surface area contributed by atoms with Crippen LogP contribution in [-0.4, -0.2) is 0 Å². The molecular weight excluding hydrogens is 1030 g/mol. The largest absolute Gasteiger partial charge is 0.456 e. The summed E-state index contributed by atoms with van der Waals surface area (Å²) in [6, 6.07) is 102. The van der Waals surface area contributed by atoms with Gasteiger partial charge in [-0.1, -0.05) is 206 Å². The second-order valence-electron chi connectivity index (χ2n) is 22.9. The zero-order chi connectivity index (χ0) is 55.4. The molecule has 0 aliphatic carbocycles. The molecule has 16 aromatic carbocycles. The third-order valence-electron chi connectivity index (χ3n) is 18.4. The molecule has 0 fully saturated rings. The summed E-state index contributed by atoms with van der Waals surface area (Å²) in [5.41, 5.74) is 17.9. The van der Waals surface area contributed by atoms with E-state index in [9.17, 15) is 0 Å². The van der Waals surface area contributed by atoms with Crippen LogP contribution < -0.4 is 9.47 Å². The maximum absolute atomic E-state index is 6.88. The normalized spacial score (nSPS) is 12.4. The second-order valence-corrected chi connectivity index (χ2v) is 22.9. The van der Waals surface area contributed by atoms with Gasteiger partial charge in [0, 0.05) is 32.7 Å². The molecule has 0 N–H and O–H groups in total. The van der Waals surface area contributed by atoms with Crippen molar-refractivity contribution in [3.05, 3.63) is 279 Å². The van der Waals surface area contributed by atoms with Crippen LogP contribution in [0.4, 0.5) is 0 Å². The minimum atomic E-state index is 0.856. The Balaban J connectivity index is 0.871. The lowest BCUT2D eigenvalue weighted by molar-refractivity contribution is 0.487. The van der Waals surface area contributed by atoms with Crippen LogP contribution >= 0.6 is 0 Å². The number of ether oxygens (including phenoxy) is 2. The predicted molar refractivity (Wildman–Crippen MR) is 354 cm³/mol. The lowest BCUT2D eigenvalue weighted by atomic mass is 9.82. The zero-order valence-electron chi connectivity index (χ0n) is 45.8. The van der Waals surface area contributed by atoms with Gasteiger partial charge in [0.2, 0.25) is 0 Å². The fraction of sp³-hybridized carbons (Fsp3) is 0. The molecule has 0 saturated heterocycles. The highest BCUT2D eigenvalue weighted by Crippen LogP contribution is 2.54. The van der Waals surface area contributed by atoms with Gasteiger partial charge < -0.3 is 13.9 Å². The number of rotatable bonds is 5. The first kappa shape index (κ1) is 46.4. The quantitative estimate of drug-likeness (QED) is 0.161. The van der Waals surface area contributed by atoms with E-state index < -0.39 is 0 Å². The minimum absolute atomic E-state index is 0.856. The molecule has 3 heterocycles. The van der Waals surface area contributed by atoms with E-state index in [2.05, 4.69) is 279 Å². The summed E-state index contributed by atoms with van der Waals surface area (Å²) in [6.45, 7) is 0. The van der Waals surface area contributed by atoms with Crippen molar-refractivity contribution in [3.8, 4) is 101 Å². The molecule has 0 bridgehead atoms. The van der Waals surface area contributed by atoms with Gasteiger partial charge in [-0.25, -0.2) is 0 Å². The smallest absolute Gasteiger partial charge is 0.136 e. The Morgan fingerprint density at radius 3 is 1.28 bits per heavy atom. The monoisotopic (exact) mass is 1080 g/mol. The highest BCUT2D eigenvalue weighted by Gasteiger charge is 2.26. The van der Waals surface area contributed by atoms with Gasteiger partial charge in [-0.15, -0.1) is 0 Å². The number of furan rings is 1. The predicted octanol–water partition coefficient (Wildman–Crippen LogP) is 23.5. The SMILES string of the molecule is c1ccc(-c2c3ccccc3c(-c3ccc4c(c3)-c3cccc5cccc(c35)O4)c3cc(-c4ccc5c(-c6ccc7c(c6)Oc6cccc8cccc-7c68)c6ccccc6c(-c6ccc7oc8cc9ccccc9cc8c7c6)c5c4)ccc23)cc1. The number of hydrogen-bond acceptors (Lipinski definition) is 3. The Morgan fingerprint density at radius 1 is 0.188 bits per heavy atom. The van der Waals surface area contributed by atoms with Crippen LogP contribution in [0, 0.1) is 0 Å². The standard InChI is InChI=1S/C82H46O3/c1-2-14-47(15-3-1)77-59-22-6-8-24-61(59)79(54-33-38-71-66(43-54)63-27-11-19-49-21-12-28-73(83-71)82(49)63)69-41-52(30-36-64(69)77)53-31-37-65-70(42-53)80(55-34-39-72-67(44-55)68-40-50-16-4-5-17-51(50)45-76(68)84-72)62-25-9-7-23-60(62)78(65)56-32-35-57-58-26-10-18-48-20-13-29-74(81(48)58)85-75(57)46-56/h1-46H. The van der Waals surface area contributed by atoms with Crippen molar-refractivity contribution in [3.63, 3.8) is 0 Å². The van der Waals surface area contributed by atoms with Gasteiger partial charge in [0.05, 0.1) is 0 Å². The van der Waals surface area contributed by atoms with Gasteiger partial charge >= 0.3 is 0 Å². The van der Waals surface area contributed by atoms with E-state index in [0.717, 1.165) is 111 Å². The molecule has 0 unspecified atom stereocenters. The number of benzene rings is 16. The van der Waals surface area contributed by atoms with Gasteiger partial charge in [-0.05, 0) is 204 Å². The van der Waals surface area contributed by atoms with Crippen molar-refractivity contribution < 1.29 is 13.9 Å². The first-order valence-electron chi connectivity index (χ1n) is 29.2. The van der Waals surface area contributed by atoms with Crippen LogP contribution in [0.1, 0.15) is 0 Å². The van der Waals surface area contributed by atoms with Crippen LogP contribution in [0.3, 0.4) is 0 Å². The van der Waals surface area contributed by atoms with Crippen molar-refractivity contribution in [2.45, 2.75) is 0 Å². The summed E-state index contributed by atoms with van der Waals surface area (Å²) in [5.74, 6) is 3.50. The van der Waals surface area contributed by atoms with E-state index in [1.165, 1.54) is 87.4 Å². The Hall–Kier alpha value is -11.3. The summed E-state index contributed by atoms with van der Waals surface area (Å²) < 4.78 is 20.2. The van der Waals surface area contributed by atoms with Crippen LogP contribution in [0.5, 0.6) is 23.0 Å². The highest BCUT2D eigenvalue weighted by atomic mass is 16.5. The highest BCUT2D eigenvalue weighted by molar-refractivity contribution is 6.25. The summed E-state index contributed by atoms with van der Waals surface area (Å²) in [4.78, 5) is 0. The van der Waals surface area contributed by atoms with Crippen LogP contribution in [-0.2, 0) is 0 Å². The van der Waals surface area contributed by atoms with E-state index in [1.807, 2.05) is 0 Å². The zero-order valence-corrected chi connectivity index (χ0v) is 45.8. The summed E-state index contributed by atoms with van der Waals surface area (Å²) in [6.07, 6.45) is 0. The van der Waals surface area contributed by atoms with Crippen LogP contribution in [0.15, 0.2) is 283 Å². The molecule has 3 nitrogen and oxygen atoms in total. The lowest BCUT2D eigenvalue weighted by Gasteiger charge is -2.23. The van der Waals surface area contributed by atoms with E-state index in [1.54, 1.807) is 0 Å². The molecule has 3 heteroatoms. The molecule has 0 saturated carbocycles. The van der Waals surface area contributed by atoms with Gasteiger partial charge in [0.15, 0.2) is 0 Å². The Bertz CT molecular complexity index is 5780. The third-order valence-corrected chi connectivity index (χ3v) is 18.4. The van der Waals surface area contributed by atoms with Gasteiger partial charge in [-0.2, -0.15) is 0 Å². The summed E-state index contributed by atoms with van der Waals surface area (Å²) in [5, 5.41) is 18.6. The Labute approximate surface area is 488 Å². The van der Waals surface area contributed by atoms with Crippen molar-refractivity contribution in [1.29, 1.82) is 0 Å². The summed E-state index contributed by atoms with van der Waals surface area (Å²) >= 11 is 0. The Morgan fingerprint density at radius 2 is 0.635 bits per heavy atom. The van der Waals surface area contributed by atoms with E-state index in [-0.39, 0.29) is 0 Å². The average Bonchev–Trinajstić information content (AvgIpc) is 2.13. The van der Waals surface area contributed by atoms with Crippen LogP contribution in [0.25, 0.3) is 175 Å². The molecule has 2 aliphatic rings. The van der Waals surface area contributed by atoms with E-state index >= 15 is 0 Å². The fourth-order valence-electron chi connectivity index (χ4n) is 14.6. The van der Waals surface area contributed by atoms with Crippen molar-refractivity contribution in [2.24, 2.45) is 0 Å². The molecule has 85 heavy (non-hydrogen) atoms. The molecule has 0 atom stereocenters. The maximum atomic E-state index is 6.88. The average molecular weight is 1080 g/mol. The maximum Gasteiger partial charge on any atom is 0.136 e. The third kappa shape index (κ3) is 6.84. The topological polar surface area (TPSA) is 31.6 Å². The van der Waals surface area contributed by atoms with Crippen molar-refractivity contribution >= 4 is 97.3 Å². The number of fused-ring (bicyclic) bond motifs is 12. The van der Waals surface area contributed by atoms with Crippen LogP contribution in [0.2, 0.25) is 0 Å². The summed E-state index contributed by atoms with van der Waals surface area (Å²) in [7, 11) is 0. The van der Waals surface area contributed by atoms with E-state index in [0.29, 0.717) is 0 Å². The van der Waals surface area contributed by atoms with Crippen molar-refractivity contribution in [1.82, 2.24) is 0 Å². The minimum Gasteiger partial charge on any atom is -0.456 e. The lowest BCUT2D eigenvalue weighted by Crippen LogP contribution is -1.98. The molecule has 392 valence electrons. The number of hydrogen-bond donors (Lipinski definition) is 0. The second kappa shape index (κ2) is 17.6. The van der Waals surface area contributed by atoms with Gasteiger partial charge in [0.1, 0.15) is 34.2 Å². The molecule has 17 aromatic rings. The first-order chi connectivity index (χ1) is 42.1. The molecule has 0 amide bonds. The van der Waals surface area contributed by atoms with Crippen molar-refractivity contribution in [2.75, 3.05) is 0 Å². The fourth-order valence-corrected chi connectivity index (χ4v) is 14.6. The van der Waals surface area contributed by atoms with Gasteiger partial charge in [-0.3, -0.25) is 0 Å². The van der Waals surface area contributed by atoms with E-state index in [4.69, 9.17) is 13.9 Å². The molecule has 0 radical (unpaired) electrons. The molecule has 19 rings (SSSR count). The first-order valence-corrected chi connectivity index (χ1v) is 29.2.